The summed E-state index contributed by atoms with van der Waals surface area (Å²) >= 11 is 12.4. The van der Waals surface area contributed by atoms with Crippen molar-refractivity contribution < 1.29 is 23.1 Å². The number of ether oxygens (including phenoxy) is 1. The number of carbonyl (C=O) groups excluding carboxylic acids is 2. The van der Waals surface area contributed by atoms with E-state index < -0.39 is 29.0 Å². The fourth-order valence-electron chi connectivity index (χ4n) is 6.83. The summed E-state index contributed by atoms with van der Waals surface area (Å²) < 4.78 is 36.3. The predicted molar refractivity (Wildman–Crippen MR) is 158 cm³/mol. The van der Waals surface area contributed by atoms with Crippen molar-refractivity contribution in [1.82, 2.24) is 10.6 Å². The van der Waals surface area contributed by atoms with Crippen molar-refractivity contribution in [2.45, 2.75) is 83.2 Å². The van der Waals surface area contributed by atoms with Gasteiger partial charge in [-0.3, -0.25) is 9.59 Å². The fraction of sp³-hybridized carbons (Fsp3) is 0.562. The average Bonchev–Trinajstić information content (AvgIpc) is 3.19. The van der Waals surface area contributed by atoms with Crippen molar-refractivity contribution in [2.24, 2.45) is 17.3 Å². The normalized spacial score (nSPS) is 28.4. The Morgan fingerprint density at radius 2 is 1.78 bits per heavy atom. The molecule has 0 radical (unpaired) electrons. The van der Waals surface area contributed by atoms with Gasteiger partial charge in [-0.1, -0.05) is 69.1 Å². The summed E-state index contributed by atoms with van der Waals surface area (Å²) in [6, 6.07) is 8.08. The number of benzene rings is 2. The van der Waals surface area contributed by atoms with E-state index in [1.807, 2.05) is 6.92 Å². The number of esters is 1. The zero-order chi connectivity index (χ0) is 30.1. The fourth-order valence-corrected chi connectivity index (χ4v) is 7.17. The Bertz CT molecular complexity index is 1280. The molecule has 1 amide bonds. The summed E-state index contributed by atoms with van der Waals surface area (Å²) in [5, 5.41) is 6.81. The maximum absolute atomic E-state index is 15.7. The van der Waals surface area contributed by atoms with Crippen LogP contribution >= 0.6 is 23.2 Å². The molecule has 0 aromatic heterocycles. The molecule has 2 N–H and O–H groups in total. The lowest BCUT2D eigenvalue weighted by Crippen LogP contribution is -2.47. The highest BCUT2D eigenvalue weighted by molar-refractivity contribution is 6.31. The number of halogens is 4. The third-order valence-electron chi connectivity index (χ3n) is 8.96. The molecule has 4 atom stereocenters. The largest absolute Gasteiger partial charge is 0.469 e. The van der Waals surface area contributed by atoms with E-state index >= 15 is 8.78 Å². The van der Waals surface area contributed by atoms with E-state index in [0.717, 1.165) is 12.8 Å². The molecular weight excluding hydrogens is 569 g/mol. The molecule has 1 aliphatic heterocycles. The minimum absolute atomic E-state index is 0.0535. The molecule has 1 saturated carbocycles. The Morgan fingerprint density at radius 1 is 1.10 bits per heavy atom. The molecule has 2 aromatic carbocycles. The van der Waals surface area contributed by atoms with Crippen LogP contribution in [-0.4, -0.2) is 37.6 Å². The van der Waals surface area contributed by atoms with Gasteiger partial charge < -0.3 is 15.4 Å². The molecule has 224 valence electrons. The Hall–Kier alpha value is -2.22. The Morgan fingerprint density at radius 3 is 2.39 bits per heavy atom. The SMILES string of the molecule is COC(=O)C1CCC(CNC(=O)[C@@H]2N[C@@H](CC(C)(C)C)[C@](C)(c3ccc(Cl)cc3F)[C@H]2c2cccc(Cl)c2F)CC1. The van der Waals surface area contributed by atoms with E-state index in [9.17, 15) is 9.59 Å². The predicted octanol–water partition coefficient (Wildman–Crippen LogP) is 7.19. The van der Waals surface area contributed by atoms with Crippen molar-refractivity contribution in [3.05, 3.63) is 69.2 Å². The highest BCUT2D eigenvalue weighted by Gasteiger charge is 2.57. The first kappa shape index (κ1) is 31.7. The molecule has 1 aliphatic carbocycles. The molecule has 1 saturated heterocycles. The van der Waals surface area contributed by atoms with Crippen LogP contribution in [0.3, 0.4) is 0 Å². The van der Waals surface area contributed by atoms with Crippen LogP contribution in [-0.2, 0) is 19.7 Å². The van der Waals surface area contributed by atoms with Crippen LogP contribution in [0, 0.1) is 28.9 Å². The summed E-state index contributed by atoms with van der Waals surface area (Å²) in [7, 11) is 1.40. The van der Waals surface area contributed by atoms with Crippen LogP contribution in [0.15, 0.2) is 36.4 Å². The van der Waals surface area contributed by atoms with Crippen LogP contribution in [0.1, 0.15) is 76.8 Å². The van der Waals surface area contributed by atoms with Gasteiger partial charge in [0, 0.05) is 28.9 Å². The van der Waals surface area contributed by atoms with Crippen molar-refractivity contribution in [3.8, 4) is 0 Å². The van der Waals surface area contributed by atoms with Crippen LogP contribution < -0.4 is 10.6 Å². The number of methoxy groups -OCH3 is 1. The molecule has 0 spiro atoms. The van der Waals surface area contributed by atoms with E-state index in [4.69, 9.17) is 27.9 Å². The first-order chi connectivity index (χ1) is 19.3. The lowest BCUT2D eigenvalue weighted by Gasteiger charge is -2.40. The Labute approximate surface area is 251 Å². The molecular formula is C32H40Cl2F2N2O3. The zero-order valence-corrected chi connectivity index (χ0v) is 25.8. The summed E-state index contributed by atoms with van der Waals surface area (Å²) in [6.45, 7) is 8.59. The lowest BCUT2D eigenvalue weighted by atomic mass is 9.63. The van der Waals surface area contributed by atoms with Gasteiger partial charge in [-0.05, 0) is 72.8 Å². The quantitative estimate of drug-likeness (QED) is 0.327. The van der Waals surface area contributed by atoms with Gasteiger partial charge in [0.15, 0.2) is 0 Å². The summed E-state index contributed by atoms with van der Waals surface area (Å²) in [5.41, 5.74) is -0.571. The molecule has 5 nitrogen and oxygen atoms in total. The standard InChI is InChI=1S/C32H40Cl2F2N2O3/c1-31(2,3)16-25-32(4,22-14-13-20(33)15-24(22)35)26(21-7-6-8-23(34)27(21)36)28(38-25)29(39)37-17-18-9-11-19(12-10-18)30(40)41-5/h6-8,13-15,18-19,25-26,28,38H,9-12,16-17H2,1-5H3,(H,37,39)/t18?,19?,25-,26-,28+,32-/m0/s1. The van der Waals surface area contributed by atoms with Crippen LogP contribution in [0.5, 0.6) is 0 Å². The van der Waals surface area contributed by atoms with E-state index in [0.29, 0.717) is 31.4 Å². The molecule has 4 rings (SSSR count). The molecule has 2 fully saturated rings. The third-order valence-corrected chi connectivity index (χ3v) is 9.48. The number of carbonyl (C=O) groups is 2. The minimum Gasteiger partial charge on any atom is -0.469 e. The number of hydrogen-bond acceptors (Lipinski definition) is 4. The number of rotatable bonds is 7. The maximum Gasteiger partial charge on any atom is 0.308 e. The van der Waals surface area contributed by atoms with Gasteiger partial charge in [-0.15, -0.1) is 0 Å². The molecule has 0 unspecified atom stereocenters. The third kappa shape index (κ3) is 6.73. The molecule has 41 heavy (non-hydrogen) atoms. The van der Waals surface area contributed by atoms with Gasteiger partial charge >= 0.3 is 5.97 Å². The first-order valence-electron chi connectivity index (χ1n) is 14.3. The smallest absolute Gasteiger partial charge is 0.308 e. The second-order valence-electron chi connectivity index (χ2n) is 13.0. The molecule has 1 heterocycles. The van der Waals surface area contributed by atoms with E-state index in [-0.39, 0.29) is 50.8 Å². The van der Waals surface area contributed by atoms with Gasteiger partial charge in [0.05, 0.1) is 24.1 Å². The second-order valence-corrected chi connectivity index (χ2v) is 13.8. The summed E-state index contributed by atoms with van der Waals surface area (Å²) in [4.78, 5) is 25.8. The zero-order valence-electron chi connectivity index (χ0n) is 24.3. The topological polar surface area (TPSA) is 67.4 Å². The molecule has 2 aromatic rings. The molecule has 0 bridgehead atoms. The maximum atomic E-state index is 15.7. The minimum atomic E-state index is -1.02. The number of hydrogen-bond donors (Lipinski definition) is 2. The summed E-state index contributed by atoms with van der Waals surface area (Å²) in [6.07, 6.45) is 3.63. The molecule has 2 aliphatic rings. The van der Waals surface area contributed by atoms with Crippen molar-refractivity contribution in [1.29, 1.82) is 0 Å². The summed E-state index contributed by atoms with van der Waals surface area (Å²) in [5.74, 6) is -2.23. The Balaban J connectivity index is 1.70. The Kier molecular flexibility index (Phi) is 9.72. The lowest BCUT2D eigenvalue weighted by molar-refractivity contribution is -0.146. The van der Waals surface area contributed by atoms with E-state index in [1.165, 1.54) is 19.2 Å². The highest BCUT2D eigenvalue weighted by atomic mass is 35.5. The average molecular weight is 610 g/mol. The van der Waals surface area contributed by atoms with E-state index in [1.54, 1.807) is 24.3 Å². The number of nitrogens with one attached hydrogen (secondary N) is 2. The monoisotopic (exact) mass is 608 g/mol. The van der Waals surface area contributed by atoms with Gasteiger partial charge in [-0.25, -0.2) is 8.78 Å². The van der Waals surface area contributed by atoms with Crippen LogP contribution in [0.2, 0.25) is 10.0 Å². The van der Waals surface area contributed by atoms with E-state index in [2.05, 4.69) is 31.4 Å². The van der Waals surface area contributed by atoms with Crippen LogP contribution in [0.4, 0.5) is 8.78 Å². The second kappa shape index (κ2) is 12.6. The molecule has 9 heteroatoms. The van der Waals surface area contributed by atoms with Crippen molar-refractivity contribution in [3.63, 3.8) is 0 Å². The van der Waals surface area contributed by atoms with Crippen molar-refractivity contribution >= 4 is 35.1 Å². The van der Waals surface area contributed by atoms with Crippen molar-refractivity contribution in [2.75, 3.05) is 13.7 Å². The van der Waals surface area contributed by atoms with Gasteiger partial charge in [0.25, 0.3) is 0 Å². The van der Waals surface area contributed by atoms with Gasteiger partial charge in [-0.2, -0.15) is 0 Å². The van der Waals surface area contributed by atoms with Gasteiger partial charge in [0.1, 0.15) is 11.6 Å². The van der Waals surface area contributed by atoms with Gasteiger partial charge in [0.2, 0.25) is 5.91 Å². The first-order valence-corrected chi connectivity index (χ1v) is 15.0. The highest BCUT2D eigenvalue weighted by Crippen LogP contribution is 2.52. The van der Waals surface area contributed by atoms with Crippen LogP contribution in [0.25, 0.3) is 0 Å². The number of amides is 1.